The molecule has 3 heteroatoms. The molecule has 1 heterocycles. The van der Waals surface area contributed by atoms with Gasteiger partial charge in [-0.3, -0.25) is 4.98 Å². The van der Waals surface area contributed by atoms with Gasteiger partial charge < -0.3 is 5.73 Å². The van der Waals surface area contributed by atoms with Gasteiger partial charge in [0, 0.05) is 18.2 Å². The first-order valence-corrected chi connectivity index (χ1v) is 4.64. The second-order valence-corrected chi connectivity index (χ2v) is 3.60. The molecular weight excluding hydrogens is 167 g/mol. The third kappa shape index (κ3) is 1.56. The van der Waals surface area contributed by atoms with E-state index in [1.165, 1.54) is 6.20 Å². The Hall–Kier alpha value is -0.960. The molecule has 1 aliphatic rings. The molecule has 2 atom stereocenters. The van der Waals surface area contributed by atoms with Gasteiger partial charge in [-0.1, -0.05) is 6.42 Å². The van der Waals surface area contributed by atoms with E-state index in [1.54, 1.807) is 12.3 Å². The fourth-order valence-electron chi connectivity index (χ4n) is 2.06. The Morgan fingerprint density at radius 1 is 1.46 bits per heavy atom. The minimum Gasteiger partial charge on any atom is -0.327 e. The first kappa shape index (κ1) is 8.63. The van der Waals surface area contributed by atoms with Crippen LogP contribution in [-0.4, -0.2) is 11.0 Å². The average Bonchev–Trinajstić information content (AvgIpc) is 2.52. The van der Waals surface area contributed by atoms with E-state index in [4.69, 9.17) is 5.73 Å². The van der Waals surface area contributed by atoms with Crippen molar-refractivity contribution >= 4 is 0 Å². The van der Waals surface area contributed by atoms with Crippen LogP contribution in [0, 0.1) is 5.82 Å². The topological polar surface area (TPSA) is 38.9 Å². The van der Waals surface area contributed by atoms with E-state index < -0.39 is 0 Å². The normalized spacial score (nSPS) is 27.8. The van der Waals surface area contributed by atoms with Gasteiger partial charge in [-0.2, -0.15) is 0 Å². The van der Waals surface area contributed by atoms with Crippen LogP contribution in [0.1, 0.15) is 30.7 Å². The maximum absolute atomic E-state index is 13.3. The molecule has 0 spiro atoms. The molecule has 1 fully saturated rings. The van der Waals surface area contributed by atoms with E-state index in [0.29, 0.717) is 0 Å². The Morgan fingerprint density at radius 3 is 2.92 bits per heavy atom. The third-order valence-electron chi connectivity index (χ3n) is 2.77. The zero-order valence-electron chi connectivity index (χ0n) is 7.41. The molecule has 2 rings (SSSR count). The number of nitrogens with zero attached hydrogens (tertiary/aromatic N) is 1. The first-order valence-electron chi connectivity index (χ1n) is 4.64. The number of hydrogen-bond acceptors (Lipinski definition) is 2. The molecule has 2 N–H and O–H groups in total. The molecule has 2 nitrogen and oxygen atoms in total. The number of rotatable bonds is 1. The van der Waals surface area contributed by atoms with Crippen molar-refractivity contribution in [2.45, 2.75) is 31.2 Å². The van der Waals surface area contributed by atoms with E-state index in [2.05, 4.69) is 4.98 Å². The van der Waals surface area contributed by atoms with Gasteiger partial charge in [-0.15, -0.1) is 0 Å². The lowest BCUT2D eigenvalue weighted by Crippen LogP contribution is -2.23. The predicted octanol–water partition coefficient (Wildman–Crippen LogP) is 1.82. The van der Waals surface area contributed by atoms with Crippen molar-refractivity contribution in [1.82, 2.24) is 4.98 Å². The second kappa shape index (κ2) is 3.42. The SMILES string of the molecule is NC1CCCC1c1ccncc1F. The minimum atomic E-state index is -0.218. The first-order chi connectivity index (χ1) is 6.29. The van der Waals surface area contributed by atoms with Crippen LogP contribution in [0.3, 0.4) is 0 Å². The number of hydrogen-bond donors (Lipinski definition) is 1. The van der Waals surface area contributed by atoms with Gasteiger partial charge in [-0.05, 0) is 24.5 Å². The minimum absolute atomic E-state index is 0.122. The Balaban J connectivity index is 2.29. The summed E-state index contributed by atoms with van der Waals surface area (Å²) in [5.74, 6) is -0.0205. The third-order valence-corrected chi connectivity index (χ3v) is 2.77. The van der Waals surface area contributed by atoms with Crippen LogP contribution in [0.5, 0.6) is 0 Å². The molecule has 70 valence electrons. The Morgan fingerprint density at radius 2 is 2.31 bits per heavy atom. The van der Waals surface area contributed by atoms with Crippen LogP contribution in [-0.2, 0) is 0 Å². The summed E-state index contributed by atoms with van der Waals surface area (Å²) in [5.41, 5.74) is 6.63. The molecule has 1 saturated carbocycles. The highest BCUT2D eigenvalue weighted by molar-refractivity contribution is 5.21. The molecular formula is C10H13FN2. The van der Waals surface area contributed by atoms with Crippen molar-refractivity contribution in [2.24, 2.45) is 5.73 Å². The molecule has 1 aromatic rings. The quantitative estimate of drug-likeness (QED) is 0.716. The van der Waals surface area contributed by atoms with Crippen LogP contribution in [0.15, 0.2) is 18.5 Å². The van der Waals surface area contributed by atoms with E-state index in [1.807, 2.05) is 0 Å². The monoisotopic (exact) mass is 180 g/mol. The highest BCUT2D eigenvalue weighted by Crippen LogP contribution is 2.34. The fourth-order valence-corrected chi connectivity index (χ4v) is 2.06. The van der Waals surface area contributed by atoms with E-state index in [-0.39, 0.29) is 17.8 Å². The molecule has 1 aliphatic carbocycles. The Labute approximate surface area is 77.0 Å². The molecule has 0 aromatic carbocycles. The standard InChI is InChI=1S/C10H13FN2/c11-9-6-13-5-4-7(9)8-2-1-3-10(8)12/h4-6,8,10H,1-3,12H2. The summed E-state index contributed by atoms with van der Waals surface area (Å²) < 4.78 is 13.3. The van der Waals surface area contributed by atoms with Crippen LogP contribution in [0.2, 0.25) is 0 Å². The summed E-state index contributed by atoms with van der Waals surface area (Å²) in [6.45, 7) is 0. The van der Waals surface area contributed by atoms with Crippen molar-refractivity contribution in [2.75, 3.05) is 0 Å². The van der Waals surface area contributed by atoms with Gasteiger partial charge >= 0.3 is 0 Å². The van der Waals surface area contributed by atoms with Gasteiger partial charge in [0.1, 0.15) is 5.82 Å². The largest absolute Gasteiger partial charge is 0.327 e. The molecule has 1 aromatic heterocycles. The Bertz CT molecular complexity index is 301. The van der Waals surface area contributed by atoms with E-state index >= 15 is 0 Å². The van der Waals surface area contributed by atoms with Gasteiger partial charge in [0.15, 0.2) is 0 Å². The number of pyridine rings is 1. The number of nitrogens with two attached hydrogens (primary N) is 1. The summed E-state index contributed by atoms with van der Waals surface area (Å²) in [6.07, 6.45) is 6.01. The van der Waals surface area contributed by atoms with Crippen molar-refractivity contribution < 1.29 is 4.39 Å². The van der Waals surface area contributed by atoms with Crippen molar-refractivity contribution in [3.05, 3.63) is 29.8 Å². The molecule has 13 heavy (non-hydrogen) atoms. The lowest BCUT2D eigenvalue weighted by atomic mass is 9.95. The molecule has 0 radical (unpaired) electrons. The molecule has 0 bridgehead atoms. The summed E-state index contributed by atoms with van der Waals surface area (Å²) in [4.78, 5) is 3.73. The van der Waals surface area contributed by atoms with E-state index in [0.717, 1.165) is 24.8 Å². The number of aromatic nitrogens is 1. The highest BCUT2D eigenvalue weighted by Gasteiger charge is 2.27. The zero-order valence-corrected chi connectivity index (χ0v) is 7.41. The molecule has 0 aliphatic heterocycles. The summed E-state index contributed by atoms with van der Waals surface area (Å²) in [7, 11) is 0. The second-order valence-electron chi connectivity index (χ2n) is 3.60. The van der Waals surface area contributed by atoms with Crippen LogP contribution in [0.4, 0.5) is 4.39 Å². The van der Waals surface area contributed by atoms with Gasteiger partial charge in [0.05, 0.1) is 6.20 Å². The molecule has 0 saturated heterocycles. The summed E-state index contributed by atoms with van der Waals surface area (Å²) in [6, 6.07) is 1.86. The maximum atomic E-state index is 13.3. The lowest BCUT2D eigenvalue weighted by molar-refractivity contribution is 0.545. The molecule has 0 amide bonds. The van der Waals surface area contributed by atoms with Gasteiger partial charge in [0.2, 0.25) is 0 Å². The van der Waals surface area contributed by atoms with Crippen LogP contribution >= 0.6 is 0 Å². The molecule has 2 unspecified atom stereocenters. The van der Waals surface area contributed by atoms with Crippen LogP contribution < -0.4 is 5.73 Å². The van der Waals surface area contributed by atoms with E-state index in [9.17, 15) is 4.39 Å². The predicted molar refractivity (Wildman–Crippen MR) is 48.8 cm³/mol. The highest BCUT2D eigenvalue weighted by atomic mass is 19.1. The van der Waals surface area contributed by atoms with Crippen molar-refractivity contribution in [1.29, 1.82) is 0 Å². The maximum Gasteiger partial charge on any atom is 0.145 e. The summed E-state index contributed by atoms with van der Waals surface area (Å²) >= 11 is 0. The van der Waals surface area contributed by atoms with Gasteiger partial charge in [-0.25, -0.2) is 4.39 Å². The van der Waals surface area contributed by atoms with Crippen molar-refractivity contribution in [3.63, 3.8) is 0 Å². The number of halogens is 1. The Kier molecular flexibility index (Phi) is 2.27. The lowest BCUT2D eigenvalue weighted by Gasteiger charge is -2.15. The summed E-state index contributed by atoms with van der Waals surface area (Å²) in [5, 5.41) is 0. The van der Waals surface area contributed by atoms with Crippen molar-refractivity contribution in [3.8, 4) is 0 Å². The average molecular weight is 180 g/mol. The zero-order chi connectivity index (χ0) is 9.26. The smallest absolute Gasteiger partial charge is 0.145 e. The fraction of sp³-hybridized carbons (Fsp3) is 0.500. The van der Waals surface area contributed by atoms with Crippen LogP contribution in [0.25, 0.3) is 0 Å². The van der Waals surface area contributed by atoms with Gasteiger partial charge in [0.25, 0.3) is 0 Å².